The first-order valence-corrected chi connectivity index (χ1v) is 10.0. The molecule has 0 bridgehead atoms. The molecule has 8 heteroatoms. The molecule has 3 rings (SSSR count). The van der Waals surface area contributed by atoms with Crippen LogP contribution in [0.1, 0.15) is 18.9 Å². The Labute approximate surface area is 184 Å². The number of pyridine rings is 1. The lowest BCUT2D eigenvalue weighted by Gasteiger charge is -2.22. The predicted molar refractivity (Wildman–Crippen MR) is 114 cm³/mol. The molecule has 0 aliphatic carbocycles. The topological polar surface area (TPSA) is 51.7 Å². The number of halogens is 3. The summed E-state index contributed by atoms with van der Waals surface area (Å²) in [5, 5.41) is 0. The molecule has 168 valence electrons. The number of carbonyl (C=O) groups is 1. The molecule has 1 fully saturated rings. The monoisotopic (exact) mass is 444 g/mol. The van der Waals surface area contributed by atoms with Crippen molar-refractivity contribution in [1.29, 1.82) is 0 Å². The number of hydrogen-bond acceptors (Lipinski definition) is 5. The predicted octanol–water partition coefficient (Wildman–Crippen LogP) is 5.18. The molecule has 2 aromatic rings. The second kappa shape index (κ2) is 10.2. The van der Waals surface area contributed by atoms with Gasteiger partial charge in [-0.05, 0) is 31.2 Å². The fourth-order valence-corrected chi connectivity index (χ4v) is 3.37. The third-order valence-corrected chi connectivity index (χ3v) is 4.84. The summed E-state index contributed by atoms with van der Waals surface area (Å²) in [5.74, 6) is 1.06. The number of benzene rings is 1. The fourth-order valence-electron chi connectivity index (χ4n) is 3.37. The molecule has 2 heterocycles. The standard InChI is InChI=1S/C24H23F3N2O3/c1-3-22(18(16-30)13-17(2)31-20-7-5-4-6-8-20)29-12-11-21(15-29)32-23-10-9-19(14-28-23)24(25,26)27/h3-10,13-14,16,21H,2,11-12,15H2,1H3/b18-13-,22-3+/t21-/m0/s1. The molecular weight excluding hydrogens is 421 g/mol. The van der Waals surface area contributed by atoms with Crippen molar-refractivity contribution < 1.29 is 27.4 Å². The van der Waals surface area contributed by atoms with Crippen LogP contribution in [-0.2, 0) is 11.0 Å². The number of allylic oxidation sites excluding steroid dienone is 3. The smallest absolute Gasteiger partial charge is 0.417 e. The average molecular weight is 444 g/mol. The first-order valence-electron chi connectivity index (χ1n) is 10.0. The van der Waals surface area contributed by atoms with Crippen molar-refractivity contribution in [2.24, 2.45) is 0 Å². The van der Waals surface area contributed by atoms with Gasteiger partial charge in [-0.2, -0.15) is 13.2 Å². The lowest BCUT2D eigenvalue weighted by Crippen LogP contribution is -2.26. The molecule has 1 aromatic carbocycles. The van der Waals surface area contributed by atoms with E-state index in [0.29, 0.717) is 42.3 Å². The highest BCUT2D eigenvalue weighted by molar-refractivity contribution is 5.80. The number of aromatic nitrogens is 1. The van der Waals surface area contributed by atoms with Crippen molar-refractivity contribution in [1.82, 2.24) is 9.88 Å². The van der Waals surface area contributed by atoms with E-state index in [0.717, 1.165) is 18.5 Å². The number of para-hydroxylation sites is 1. The summed E-state index contributed by atoms with van der Waals surface area (Å²) in [7, 11) is 0. The number of aldehydes is 1. The number of carbonyl (C=O) groups excluding carboxylic acids is 1. The molecule has 1 aromatic heterocycles. The largest absolute Gasteiger partial charge is 0.472 e. The van der Waals surface area contributed by atoms with Gasteiger partial charge in [0.25, 0.3) is 0 Å². The average Bonchev–Trinajstić information content (AvgIpc) is 3.22. The van der Waals surface area contributed by atoms with E-state index in [9.17, 15) is 18.0 Å². The Bertz CT molecular complexity index is 999. The van der Waals surface area contributed by atoms with Gasteiger partial charge in [0.05, 0.1) is 12.1 Å². The highest BCUT2D eigenvalue weighted by Crippen LogP contribution is 2.30. The van der Waals surface area contributed by atoms with Gasteiger partial charge in [0.1, 0.15) is 17.6 Å². The van der Waals surface area contributed by atoms with Crippen LogP contribution in [0.25, 0.3) is 0 Å². The van der Waals surface area contributed by atoms with Crippen molar-refractivity contribution in [3.8, 4) is 11.6 Å². The van der Waals surface area contributed by atoms with Crippen LogP contribution in [0.3, 0.4) is 0 Å². The zero-order valence-electron chi connectivity index (χ0n) is 17.5. The van der Waals surface area contributed by atoms with Crippen molar-refractivity contribution in [3.05, 3.63) is 90.0 Å². The quantitative estimate of drug-likeness (QED) is 0.243. The van der Waals surface area contributed by atoms with Gasteiger partial charge in [0.15, 0.2) is 6.29 Å². The second-order valence-electron chi connectivity index (χ2n) is 7.13. The zero-order chi connectivity index (χ0) is 23.1. The molecule has 0 saturated carbocycles. The summed E-state index contributed by atoms with van der Waals surface area (Å²) >= 11 is 0. The van der Waals surface area contributed by atoms with Crippen molar-refractivity contribution in [2.75, 3.05) is 13.1 Å². The maximum Gasteiger partial charge on any atom is 0.417 e. The van der Waals surface area contributed by atoms with E-state index in [1.165, 1.54) is 6.07 Å². The molecule has 1 saturated heterocycles. The fraction of sp³-hybridized carbons (Fsp3) is 0.250. The third-order valence-electron chi connectivity index (χ3n) is 4.84. The summed E-state index contributed by atoms with van der Waals surface area (Å²) in [5.41, 5.74) is 0.277. The molecule has 0 spiro atoms. The van der Waals surface area contributed by atoms with Crippen molar-refractivity contribution in [3.63, 3.8) is 0 Å². The van der Waals surface area contributed by atoms with E-state index >= 15 is 0 Å². The third kappa shape index (κ3) is 6.00. The molecule has 0 amide bonds. The Kier molecular flexibility index (Phi) is 7.35. The first-order chi connectivity index (χ1) is 15.3. The summed E-state index contributed by atoms with van der Waals surface area (Å²) in [6, 6.07) is 11.3. The van der Waals surface area contributed by atoms with Gasteiger partial charge >= 0.3 is 6.18 Å². The van der Waals surface area contributed by atoms with Crippen LogP contribution in [0.15, 0.2) is 84.4 Å². The minimum Gasteiger partial charge on any atom is -0.472 e. The maximum atomic E-state index is 12.7. The Morgan fingerprint density at radius 1 is 1.22 bits per heavy atom. The van der Waals surface area contributed by atoms with Gasteiger partial charge in [-0.1, -0.05) is 30.9 Å². The lowest BCUT2D eigenvalue weighted by atomic mass is 10.1. The highest BCUT2D eigenvalue weighted by atomic mass is 19.4. The number of alkyl halides is 3. The van der Waals surface area contributed by atoms with Crippen LogP contribution in [0.5, 0.6) is 11.6 Å². The second-order valence-corrected chi connectivity index (χ2v) is 7.13. The molecular formula is C24H23F3N2O3. The Balaban J connectivity index is 1.63. The minimum atomic E-state index is -4.44. The summed E-state index contributed by atoms with van der Waals surface area (Å²) in [6.07, 6.45) is 0.794. The molecule has 0 N–H and O–H groups in total. The van der Waals surface area contributed by atoms with Crippen LogP contribution >= 0.6 is 0 Å². The van der Waals surface area contributed by atoms with Crippen LogP contribution in [0, 0.1) is 0 Å². The SMILES string of the molecule is C=C(/C=C(C=O)\C(=C/C)N1CC[C@H](Oc2ccc(C(F)(F)F)cn2)C1)Oc1ccccc1. The normalized spacial score (nSPS) is 17.2. The number of ether oxygens (including phenoxy) is 2. The first kappa shape index (κ1) is 23.1. The summed E-state index contributed by atoms with van der Waals surface area (Å²) in [6.45, 7) is 6.75. The number of rotatable bonds is 8. The number of nitrogens with zero attached hydrogens (tertiary/aromatic N) is 2. The van der Waals surface area contributed by atoms with E-state index in [1.807, 2.05) is 36.1 Å². The molecule has 1 atom stereocenters. The van der Waals surface area contributed by atoms with E-state index in [-0.39, 0.29) is 12.0 Å². The summed E-state index contributed by atoms with van der Waals surface area (Å²) < 4.78 is 49.4. The van der Waals surface area contributed by atoms with Crippen LogP contribution in [0.2, 0.25) is 0 Å². The van der Waals surface area contributed by atoms with Gasteiger partial charge in [-0.3, -0.25) is 4.79 Å². The highest BCUT2D eigenvalue weighted by Gasteiger charge is 2.31. The Morgan fingerprint density at radius 3 is 2.56 bits per heavy atom. The molecule has 1 aliphatic rings. The Morgan fingerprint density at radius 2 is 1.97 bits per heavy atom. The zero-order valence-corrected chi connectivity index (χ0v) is 17.5. The summed E-state index contributed by atoms with van der Waals surface area (Å²) in [4.78, 5) is 17.5. The van der Waals surface area contributed by atoms with Gasteiger partial charge in [0, 0.05) is 36.5 Å². The molecule has 0 unspecified atom stereocenters. The van der Waals surface area contributed by atoms with Crippen molar-refractivity contribution >= 4 is 6.29 Å². The van der Waals surface area contributed by atoms with E-state index in [1.54, 1.807) is 18.2 Å². The van der Waals surface area contributed by atoms with Gasteiger partial charge in [-0.25, -0.2) is 4.98 Å². The van der Waals surface area contributed by atoms with Crippen LogP contribution < -0.4 is 9.47 Å². The molecule has 32 heavy (non-hydrogen) atoms. The molecule has 1 aliphatic heterocycles. The lowest BCUT2D eigenvalue weighted by molar-refractivity contribution is -0.137. The van der Waals surface area contributed by atoms with Gasteiger partial charge in [0.2, 0.25) is 5.88 Å². The van der Waals surface area contributed by atoms with E-state index in [2.05, 4.69) is 11.6 Å². The Hall–Kier alpha value is -3.55. The van der Waals surface area contributed by atoms with E-state index < -0.39 is 11.7 Å². The molecule has 0 radical (unpaired) electrons. The van der Waals surface area contributed by atoms with Crippen LogP contribution in [0.4, 0.5) is 13.2 Å². The minimum absolute atomic E-state index is 0.127. The van der Waals surface area contributed by atoms with Crippen LogP contribution in [-0.4, -0.2) is 35.4 Å². The van der Waals surface area contributed by atoms with E-state index in [4.69, 9.17) is 9.47 Å². The maximum absolute atomic E-state index is 12.7. The van der Waals surface area contributed by atoms with Gasteiger partial charge < -0.3 is 14.4 Å². The molecule has 5 nitrogen and oxygen atoms in total. The number of likely N-dealkylation sites (tertiary alicyclic amines) is 1. The number of hydrogen-bond donors (Lipinski definition) is 0. The van der Waals surface area contributed by atoms with Crippen molar-refractivity contribution in [2.45, 2.75) is 25.6 Å². The van der Waals surface area contributed by atoms with Gasteiger partial charge in [-0.15, -0.1) is 0 Å².